The van der Waals surface area contributed by atoms with Crippen LogP contribution in [0.5, 0.6) is 0 Å². The van der Waals surface area contributed by atoms with E-state index in [2.05, 4.69) is 137 Å². The number of rotatable bonds is 74. The van der Waals surface area contributed by atoms with Crippen LogP contribution in [-0.4, -0.2) is 96.7 Å². The van der Waals surface area contributed by atoms with Crippen LogP contribution in [0.2, 0.25) is 0 Å². The first-order valence-corrected chi connectivity index (χ1v) is 42.8. The molecule has 0 aliphatic carbocycles. The number of hydrogen-bond acceptors (Lipinski definition) is 15. The van der Waals surface area contributed by atoms with Gasteiger partial charge in [-0.1, -0.05) is 284 Å². The van der Waals surface area contributed by atoms with Crippen molar-refractivity contribution in [3.8, 4) is 0 Å². The van der Waals surface area contributed by atoms with Gasteiger partial charge in [-0.15, -0.1) is 0 Å². The number of carbonyl (C=O) groups excluding carboxylic acids is 4. The molecule has 19 heteroatoms. The molecule has 17 nitrogen and oxygen atoms in total. The maximum atomic E-state index is 13.1. The molecule has 0 fully saturated rings. The minimum absolute atomic E-state index is 0.0530. The molecule has 5 atom stereocenters. The van der Waals surface area contributed by atoms with Crippen LogP contribution in [0.3, 0.4) is 0 Å². The molecule has 0 radical (unpaired) electrons. The molecule has 0 bridgehead atoms. The van der Waals surface area contributed by atoms with Crippen LogP contribution in [-0.2, 0) is 65.4 Å². The van der Waals surface area contributed by atoms with Gasteiger partial charge in [-0.3, -0.25) is 37.3 Å². The molecule has 0 heterocycles. The van der Waals surface area contributed by atoms with Crippen molar-refractivity contribution in [3.63, 3.8) is 0 Å². The van der Waals surface area contributed by atoms with Gasteiger partial charge < -0.3 is 33.8 Å². The van der Waals surface area contributed by atoms with E-state index < -0.39 is 97.5 Å². The van der Waals surface area contributed by atoms with E-state index in [0.29, 0.717) is 32.1 Å². The van der Waals surface area contributed by atoms with Gasteiger partial charge in [-0.05, 0) is 135 Å². The highest BCUT2D eigenvalue weighted by Gasteiger charge is 2.30. The fraction of sp³-hybridized carbons (Fsp3) is 0.711. The molecule has 0 spiro atoms. The van der Waals surface area contributed by atoms with Gasteiger partial charge in [0.15, 0.2) is 12.2 Å². The van der Waals surface area contributed by atoms with Gasteiger partial charge in [0, 0.05) is 25.7 Å². The quantitative estimate of drug-likeness (QED) is 0.0169. The van der Waals surface area contributed by atoms with E-state index in [9.17, 15) is 43.2 Å². The van der Waals surface area contributed by atoms with Crippen LogP contribution in [0, 0.1) is 0 Å². The van der Waals surface area contributed by atoms with Gasteiger partial charge in [-0.2, -0.15) is 0 Å². The SMILES string of the molecule is CC/C=C\C/C=C\C/C=C\C/C=C\CCCCCCC(=O)O[C@H](COC(=O)CCC/C=C\C/C=C\C/C=C\C/C=C\CCCCC)COP(=O)(O)OCC(O)COP(=O)(O)OC[C@@H](COC(=O)CCCCCCC/C=C\C/C=C\CCCCC)OC(=O)CCCCCCCCCCCCCCC. The Hall–Kier alpha value is -4.54. The first-order valence-electron chi connectivity index (χ1n) is 39.8. The Balaban J connectivity index is 5.44. The largest absolute Gasteiger partial charge is 0.472 e. The summed E-state index contributed by atoms with van der Waals surface area (Å²) in [6.07, 6.45) is 81.8. The van der Waals surface area contributed by atoms with Crippen LogP contribution < -0.4 is 0 Å². The lowest BCUT2D eigenvalue weighted by atomic mass is 10.0. The highest BCUT2D eigenvalue weighted by Crippen LogP contribution is 2.45. The van der Waals surface area contributed by atoms with Crippen molar-refractivity contribution in [1.82, 2.24) is 0 Å². The normalized spacial score (nSPS) is 14.5. The Labute approximate surface area is 619 Å². The average Bonchev–Trinajstić information content (AvgIpc) is 0.908. The summed E-state index contributed by atoms with van der Waals surface area (Å²) in [6, 6.07) is 0. The van der Waals surface area contributed by atoms with Gasteiger partial charge in [-0.25, -0.2) is 9.13 Å². The van der Waals surface area contributed by atoms with Crippen LogP contribution in [0.25, 0.3) is 0 Å². The third-order valence-corrected chi connectivity index (χ3v) is 18.3. The maximum absolute atomic E-state index is 13.1. The Morgan fingerprint density at radius 1 is 0.284 bits per heavy atom. The zero-order chi connectivity index (χ0) is 74.6. The number of allylic oxidation sites excluding steroid dienone is 20. The number of phosphoric ester groups is 2. The van der Waals surface area contributed by atoms with E-state index in [0.717, 1.165) is 148 Å². The van der Waals surface area contributed by atoms with E-state index in [1.165, 1.54) is 89.9 Å². The van der Waals surface area contributed by atoms with Crippen molar-refractivity contribution < 1.29 is 80.2 Å². The molecular weight excluding hydrogens is 1330 g/mol. The predicted molar refractivity (Wildman–Crippen MR) is 418 cm³/mol. The van der Waals surface area contributed by atoms with Crippen LogP contribution in [0.1, 0.15) is 323 Å². The molecule has 586 valence electrons. The molecule has 3 N–H and O–H groups in total. The summed E-state index contributed by atoms with van der Waals surface area (Å²) < 4.78 is 68.5. The van der Waals surface area contributed by atoms with Gasteiger partial charge in [0.2, 0.25) is 0 Å². The highest BCUT2D eigenvalue weighted by atomic mass is 31.2. The fourth-order valence-electron chi connectivity index (χ4n) is 10.4. The molecule has 0 amide bonds. The van der Waals surface area contributed by atoms with E-state index in [-0.39, 0.29) is 25.7 Å². The van der Waals surface area contributed by atoms with Crippen molar-refractivity contribution >= 4 is 39.5 Å². The van der Waals surface area contributed by atoms with Gasteiger partial charge >= 0.3 is 39.5 Å². The third kappa shape index (κ3) is 73.8. The maximum Gasteiger partial charge on any atom is 0.472 e. The van der Waals surface area contributed by atoms with Crippen molar-refractivity contribution in [2.45, 2.75) is 341 Å². The van der Waals surface area contributed by atoms with Crippen molar-refractivity contribution in [1.29, 1.82) is 0 Å². The van der Waals surface area contributed by atoms with Gasteiger partial charge in [0.25, 0.3) is 0 Å². The number of esters is 4. The number of ether oxygens (including phenoxy) is 4. The van der Waals surface area contributed by atoms with Crippen LogP contribution >= 0.6 is 15.6 Å². The molecule has 0 rings (SSSR count). The van der Waals surface area contributed by atoms with Crippen LogP contribution in [0.4, 0.5) is 0 Å². The second-order valence-electron chi connectivity index (χ2n) is 26.3. The fourth-order valence-corrected chi connectivity index (χ4v) is 11.9. The third-order valence-electron chi connectivity index (χ3n) is 16.4. The number of aliphatic hydroxyl groups is 1. The smallest absolute Gasteiger partial charge is 0.462 e. The average molecular weight is 1470 g/mol. The minimum atomic E-state index is -5.00. The summed E-state index contributed by atoms with van der Waals surface area (Å²) in [5.41, 5.74) is 0. The Kier molecular flexibility index (Phi) is 71.4. The van der Waals surface area contributed by atoms with E-state index in [1.54, 1.807) is 0 Å². The Morgan fingerprint density at radius 2 is 0.520 bits per heavy atom. The zero-order valence-corrected chi connectivity index (χ0v) is 65.8. The standard InChI is InChI=1S/C83H142O17P2/c1-5-9-13-17-21-25-29-33-36-38-41-45-48-52-56-60-64-68-81(86)94-74-79(100-83(88)70-66-62-58-54-50-46-42-39-37-34-30-26-22-18-14-10-6-2)76-98-102(91,92)96-72-77(84)71-95-101(89,90)97-75-78(99-82(87)69-65-61-57-53-49-43-32-28-24-20-16-12-8-4)73-93-80(85)67-63-59-55-51-47-44-40-35-31-27-23-19-15-11-7-3/h10,14,21-23,25-27,33-37,40-42,45-46,52,56,77-79,84H,5-9,11-13,15-20,24,28-32,38-39,43-44,47-51,53-55,57-76H2,1-4H3,(H,89,90)(H,91,92)/b14-10-,25-21-,26-22-,27-23-,36-33-,37-34-,40-35-,45-41-,46-42-,56-52-/t77?,78-,79-/m1/s1. The lowest BCUT2D eigenvalue weighted by Crippen LogP contribution is -2.30. The molecule has 102 heavy (non-hydrogen) atoms. The van der Waals surface area contributed by atoms with E-state index >= 15 is 0 Å². The Morgan fingerprint density at radius 3 is 0.843 bits per heavy atom. The summed E-state index contributed by atoms with van der Waals surface area (Å²) in [6.45, 7) is 4.62. The number of unbranched alkanes of at least 4 members (excludes halogenated alkanes) is 28. The molecule has 0 saturated heterocycles. The summed E-state index contributed by atoms with van der Waals surface area (Å²) in [5, 5.41) is 10.6. The lowest BCUT2D eigenvalue weighted by Gasteiger charge is -2.21. The highest BCUT2D eigenvalue weighted by molar-refractivity contribution is 7.47. The van der Waals surface area contributed by atoms with Crippen molar-refractivity contribution in [2.24, 2.45) is 0 Å². The first kappa shape index (κ1) is 97.5. The van der Waals surface area contributed by atoms with Crippen molar-refractivity contribution in [3.05, 3.63) is 122 Å². The van der Waals surface area contributed by atoms with Crippen molar-refractivity contribution in [2.75, 3.05) is 39.6 Å². The molecule has 0 aromatic rings. The molecule has 0 aliphatic heterocycles. The molecule has 0 aliphatic rings. The molecule has 0 saturated carbocycles. The summed E-state index contributed by atoms with van der Waals surface area (Å²) >= 11 is 0. The predicted octanol–water partition coefficient (Wildman–Crippen LogP) is 23.1. The molecular formula is C83H142O17P2. The Bertz CT molecular complexity index is 2410. The van der Waals surface area contributed by atoms with E-state index in [1.807, 2.05) is 12.2 Å². The molecule has 0 aromatic carbocycles. The number of aliphatic hydroxyl groups excluding tert-OH is 1. The summed E-state index contributed by atoms with van der Waals surface area (Å²) in [5.74, 6) is -2.27. The second kappa shape index (κ2) is 74.7. The topological polar surface area (TPSA) is 237 Å². The number of carbonyl (C=O) groups is 4. The first-order chi connectivity index (χ1) is 49.7. The molecule has 0 aromatic heterocycles. The number of hydrogen-bond donors (Lipinski definition) is 3. The molecule has 3 unspecified atom stereocenters. The summed E-state index contributed by atoms with van der Waals surface area (Å²) in [4.78, 5) is 73.0. The second-order valence-corrected chi connectivity index (χ2v) is 29.2. The number of phosphoric acid groups is 2. The zero-order valence-electron chi connectivity index (χ0n) is 64.0. The van der Waals surface area contributed by atoms with Crippen LogP contribution in [0.15, 0.2) is 122 Å². The minimum Gasteiger partial charge on any atom is -0.462 e. The van der Waals surface area contributed by atoms with Gasteiger partial charge in [0.1, 0.15) is 19.3 Å². The monoisotopic (exact) mass is 1470 g/mol. The lowest BCUT2D eigenvalue weighted by molar-refractivity contribution is -0.161. The van der Waals surface area contributed by atoms with Gasteiger partial charge in [0.05, 0.1) is 26.4 Å². The summed E-state index contributed by atoms with van der Waals surface area (Å²) in [7, 11) is -9.98. The van der Waals surface area contributed by atoms with E-state index in [4.69, 9.17) is 37.0 Å².